The normalized spacial score (nSPS) is 21.5. The topological polar surface area (TPSA) is 47.0 Å². The van der Waals surface area contributed by atoms with E-state index in [9.17, 15) is 0 Å². The number of nitrogens with zero attached hydrogens (tertiary/aromatic N) is 2. The fraction of sp³-hybridized carbons (Fsp3) is 0.818. The molecule has 1 heterocycles. The number of hydrogen-bond donors (Lipinski definition) is 1. The Labute approximate surface area is 101 Å². The third-order valence-corrected chi connectivity index (χ3v) is 4.29. The van der Waals surface area contributed by atoms with Crippen molar-refractivity contribution < 1.29 is 4.74 Å². The monoisotopic (exact) mass is 241 g/mol. The predicted octanol–water partition coefficient (Wildman–Crippen LogP) is 2.46. The van der Waals surface area contributed by atoms with Crippen LogP contribution < -0.4 is 5.32 Å². The first-order valence-electron chi connectivity index (χ1n) is 5.68. The molecule has 1 saturated carbocycles. The molecule has 0 spiro atoms. The summed E-state index contributed by atoms with van der Waals surface area (Å²) in [6.07, 6.45) is 2.54. The average Bonchev–Trinajstić information content (AvgIpc) is 3.03. The maximum atomic E-state index is 5.70. The summed E-state index contributed by atoms with van der Waals surface area (Å²) in [7, 11) is 1.79. The van der Waals surface area contributed by atoms with E-state index < -0.39 is 0 Å². The Kier molecular flexibility index (Phi) is 3.17. The van der Waals surface area contributed by atoms with Crippen molar-refractivity contribution in [3.8, 4) is 0 Å². The molecule has 0 aromatic carbocycles. The maximum absolute atomic E-state index is 5.70. The van der Waals surface area contributed by atoms with Gasteiger partial charge in [0.2, 0.25) is 5.13 Å². The molecule has 0 saturated heterocycles. The van der Waals surface area contributed by atoms with Crippen LogP contribution in [0.2, 0.25) is 0 Å². The molecule has 2 unspecified atom stereocenters. The molecular weight excluding hydrogens is 222 g/mol. The largest absolute Gasteiger partial charge is 0.376 e. The van der Waals surface area contributed by atoms with Crippen LogP contribution in [0.5, 0.6) is 0 Å². The Bertz CT molecular complexity index is 364. The molecule has 5 heteroatoms. The number of nitrogens with one attached hydrogen (secondary N) is 1. The lowest BCUT2D eigenvalue weighted by Gasteiger charge is -2.35. The van der Waals surface area contributed by atoms with E-state index in [2.05, 4.69) is 28.5 Å². The fourth-order valence-electron chi connectivity index (χ4n) is 2.04. The number of aryl methyl sites for hydroxylation is 1. The second kappa shape index (κ2) is 4.30. The van der Waals surface area contributed by atoms with Crippen LogP contribution in [0.15, 0.2) is 0 Å². The first-order valence-corrected chi connectivity index (χ1v) is 6.45. The highest BCUT2D eigenvalue weighted by Gasteiger charge is 2.45. The molecule has 1 aromatic heterocycles. The predicted molar refractivity (Wildman–Crippen MR) is 65.9 cm³/mol. The van der Waals surface area contributed by atoms with E-state index in [1.54, 1.807) is 7.11 Å². The van der Waals surface area contributed by atoms with E-state index in [4.69, 9.17) is 4.74 Å². The van der Waals surface area contributed by atoms with E-state index >= 15 is 0 Å². The van der Waals surface area contributed by atoms with Gasteiger partial charge >= 0.3 is 0 Å². The Morgan fingerprint density at radius 2 is 2.25 bits per heavy atom. The van der Waals surface area contributed by atoms with Gasteiger partial charge in [-0.25, -0.2) is 4.98 Å². The van der Waals surface area contributed by atoms with Crippen LogP contribution >= 0.6 is 11.5 Å². The number of anilines is 1. The van der Waals surface area contributed by atoms with Crippen molar-refractivity contribution in [2.75, 3.05) is 12.4 Å². The summed E-state index contributed by atoms with van der Waals surface area (Å²) >= 11 is 1.41. The first kappa shape index (κ1) is 11.8. The molecular formula is C11H19N3OS. The van der Waals surface area contributed by atoms with Gasteiger partial charge in [-0.15, -0.1) is 0 Å². The minimum atomic E-state index is -0.0976. The van der Waals surface area contributed by atoms with E-state index in [-0.39, 0.29) is 11.6 Å². The summed E-state index contributed by atoms with van der Waals surface area (Å²) in [5.41, 5.74) is -0.0976. The van der Waals surface area contributed by atoms with Crippen molar-refractivity contribution in [3.05, 3.63) is 5.82 Å². The van der Waals surface area contributed by atoms with Gasteiger partial charge in [-0.1, -0.05) is 0 Å². The Morgan fingerprint density at radius 1 is 1.56 bits per heavy atom. The van der Waals surface area contributed by atoms with Gasteiger partial charge in [-0.05, 0) is 39.5 Å². The van der Waals surface area contributed by atoms with Gasteiger partial charge in [0.25, 0.3) is 0 Å². The first-order chi connectivity index (χ1) is 7.56. The highest BCUT2D eigenvalue weighted by atomic mass is 32.1. The van der Waals surface area contributed by atoms with Gasteiger partial charge < -0.3 is 10.1 Å². The van der Waals surface area contributed by atoms with Gasteiger partial charge in [-0.2, -0.15) is 4.37 Å². The van der Waals surface area contributed by atoms with E-state index in [1.165, 1.54) is 24.4 Å². The highest BCUT2D eigenvalue weighted by Crippen LogP contribution is 2.44. The summed E-state index contributed by atoms with van der Waals surface area (Å²) < 4.78 is 9.86. The fourth-order valence-corrected chi connectivity index (χ4v) is 2.70. The zero-order valence-corrected chi connectivity index (χ0v) is 11.1. The second-order valence-electron chi connectivity index (χ2n) is 4.68. The summed E-state index contributed by atoms with van der Waals surface area (Å²) in [4.78, 5) is 4.32. The summed E-state index contributed by atoms with van der Waals surface area (Å²) in [5.74, 6) is 1.50. The molecule has 90 valence electrons. The van der Waals surface area contributed by atoms with Crippen molar-refractivity contribution in [2.24, 2.45) is 5.92 Å². The molecule has 0 amide bonds. The van der Waals surface area contributed by atoms with Crippen LogP contribution in [0.1, 0.15) is 32.5 Å². The number of hydrogen-bond acceptors (Lipinski definition) is 5. The maximum Gasteiger partial charge on any atom is 0.202 e. The molecule has 1 fully saturated rings. The lowest BCUT2D eigenvalue weighted by atomic mass is 9.92. The Hall–Kier alpha value is -0.680. The minimum absolute atomic E-state index is 0.0976. The van der Waals surface area contributed by atoms with Crippen LogP contribution in [-0.2, 0) is 4.74 Å². The number of aromatic nitrogens is 2. The SMILES string of the molecule is COC(C)(C1CC1)C(C)Nc1nc(C)ns1. The summed E-state index contributed by atoms with van der Waals surface area (Å²) in [5, 5.41) is 4.28. The van der Waals surface area contributed by atoms with Crippen LogP contribution in [0.3, 0.4) is 0 Å². The molecule has 2 atom stereocenters. The second-order valence-corrected chi connectivity index (χ2v) is 5.43. The average molecular weight is 241 g/mol. The van der Waals surface area contributed by atoms with Crippen molar-refractivity contribution in [3.63, 3.8) is 0 Å². The third kappa shape index (κ3) is 2.20. The number of ether oxygens (including phenoxy) is 1. The van der Waals surface area contributed by atoms with E-state index in [1.807, 2.05) is 6.92 Å². The Morgan fingerprint density at radius 3 is 2.69 bits per heavy atom. The van der Waals surface area contributed by atoms with Crippen molar-refractivity contribution >= 4 is 16.7 Å². The molecule has 0 bridgehead atoms. The van der Waals surface area contributed by atoms with Gasteiger partial charge in [0.05, 0.1) is 11.6 Å². The molecule has 1 aliphatic carbocycles. The van der Waals surface area contributed by atoms with Gasteiger partial charge in [0, 0.05) is 18.6 Å². The van der Waals surface area contributed by atoms with Gasteiger partial charge in [-0.3, -0.25) is 0 Å². The molecule has 1 N–H and O–H groups in total. The third-order valence-electron chi connectivity index (χ3n) is 3.56. The summed E-state index contributed by atoms with van der Waals surface area (Å²) in [6, 6.07) is 0.248. The zero-order valence-electron chi connectivity index (χ0n) is 10.3. The zero-order chi connectivity index (χ0) is 11.8. The lowest BCUT2D eigenvalue weighted by Crippen LogP contribution is -2.46. The summed E-state index contributed by atoms with van der Waals surface area (Å²) in [6.45, 7) is 6.23. The van der Waals surface area contributed by atoms with Crippen LogP contribution in [0, 0.1) is 12.8 Å². The van der Waals surface area contributed by atoms with Crippen LogP contribution in [0.4, 0.5) is 5.13 Å². The number of methoxy groups -OCH3 is 1. The van der Waals surface area contributed by atoms with Crippen LogP contribution in [0.25, 0.3) is 0 Å². The molecule has 1 aliphatic rings. The van der Waals surface area contributed by atoms with E-state index in [0.29, 0.717) is 5.92 Å². The molecule has 0 aliphatic heterocycles. The minimum Gasteiger partial charge on any atom is -0.376 e. The quantitative estimate of drug-likeness (QED) is 0.860. The smallest absolute Gasteiger partial charge is 0.202 e. The molecule has 16 heavy (non-hydrogen) atoms. The van der Waals surface area contributed by atoms with E-state index in [0.717, 1.165) is 11.0 Å². The van der Waals surface area contributed by atoms with Crippen molar-refractivity contribution in [1.29, 1.82) is 0 Å². The Balaban J connectivity index is 2.03. The standard InChI is InChI=1S/C11H19N3OS/c1-7(11(3,15-4)9-5-6-9)12-10-13-8(2)14-16-10/h7,9H,5-6H2,1-4H3,(H,12,13,14). The highest BCUT2D eigenvalue weighted by molar-refractivity contribution is 7.09. The molecule has 4 nitrogen and oxygen atoms in total. The number of rotatable bonds is 5. The van der Waals surface area contributed by atoms with Crippen molar-refractivity contribution in [2.45, 2.75) is 45.3 Å². The lowest BCUT2D eigenvalue weighted by molar-refractivity contribution is -0.0246. The molecule has 2 rings (SSSR count). The van der Waals surface area contributed by atoms with Gasteiger partial charge in [0.15, 0.2) is 0 Å². The van der Waals surface area contributed by atoms with Gasteiger partial charge in [0.1, 0.15) is 5.82 Å². The molecule has 0 radical (unpaired) electrons. The van der Waals surface area contributed by atoms with Crippen LogP contribution in [-0.4, -0.2) is 28.1 Å². The van der Waals surface area contributed by atoms with Crippen molar-refractivity contribution in [1.82, 2.24) is 9.36 Å². The molecule has 1 aromatic rings.